The van der Waals surface area contributed by atoms with Crippen molar-refractivity contribution >= 4 is 11.7 Å². The first-order valence-electron chi connectivity index (χ1n) is 8.73. The lowest BCUT2D eigenvalue weighted by Crippen LogP contribution is -2.42. The van der Waals surface area contributed by atoms with E-state index in [0.717, 1.165) is 16.8 Å². The van der Waals surface area contributed by atoms with Crippen molar-refractivity contribution in [3.8, 4) is 0 Å². The molecule has 3 heteroatoms. The van der Waals surface area contributed by atoms with Gasteiger partial charge in [-0.3, -0.25) is 0 Å². The molecule has 0 spiro atoms. The summed E-state index contributed by atoms with van der Waals surface area (Å²) in [5.74, 6) is 0.637. The number of rotatable bonds is 5. The Kier molecular flexibility index (Phi) is 4.89. The van der Waals surface area contributed by atoms with Gasteiger partial charge >= 0.3 is 6.03 Å². The molecule has 1 aliphatic rings. The molecule has 1 N–H and O–H groups in total. The Hall–Kier alpha value is -2.29. The highest BCUT2D eigenvalue weighted by Crippen LogP contribution is 2.36. The van der Waals surface area contributed by atoms with Gasteiger partial charge in [0, 0.05) is 18.3 Å². The summed E-state index contributed by atoms with van der Waals surface area (Å²) in [5, 5.41) is 3.12. The Morgan fingerprint density at radius 3 is 2.54 bits per heavy atom. The Morgan fingerprint density at radius 2 is 1.88 bits per heavy atom. The number of aryl methyl sites for hydroxylation is 2. The van der Waals surface area contributed by atoms with Gasteiger partial charge in [0.2, 0.25) is 0 Å². The molecule has 1 fully saturated rings. The second kappa shape index (κ2) is 7.08. The third-order valence-electron chi connectivity index (χ3n) is 4.89. The molecule has 126 valence electrons. The van der Waals surface area contributed by atoms with Gasteiger partial charge in [-0.05, 0) is 62.3 Å². The maximum atomic E-state index is 13.0. The maximum Gasteiger partial charge on any atom is 0.322 e. The number of carbonyl (C=O) groups is 1. The van der Waals surface area contributed by atoms with Crippen molar-refractivity contribution in [2.75, 3.05) is 5.32 Å². The summed E-state index contributed by atoms with van der Waals surface area (Å²) in [6, 6.07) is 16.6. The fourth-order valence-electron chi connectivity index (χ4n) is 3.07. The smallest absolute Gasteiger partial charge is 0.317 e. The molecule has 1 saturated carbocycles. The van der Waals surface area contributed by atoms with Crippen molar-refractivity contribution in [1.29, 1.82) is 0 Å². The third kappa shape index (κ3) is 3.97. The number of hydrogen-bond acceptors (Lipinski definition) is 1. The lowest BCUT2D eigenvalue weighted by atomic mass is 10.1. The summed E-state index contributed by atoms with van der Waals surface area (Å²) >= 11 is 0. The van der Waals surface area contributed by atoms with Gasteiger partial charge in [0.05, 0.1) is 0 Å². The average molecular weight is 322 g/mol. The van der Waals surface area contributed by atoms with Crippen LogP contribution in [0.4, 0.5) is 10.5 Å². The molecule has 0 radical (unpaired) electrons. The topological polar surface area (TPSA) is 32.3 Å². The molecule has 2 aromatic carbocycles. The van der Waals surface area contributed by atoms with Crippen LogP contribution in [0.15, 0.2) is 48.5 Å². The minimum Gasteiger partial charge on any atom is -0.317 e. The van der Waals surface area contributed by atoms with Crippen LogP contribution in [0.3, 0.4) is 0 Å². The Bertz CT molecular complexity index is 707. The number of anilines is 1. The second-order valence-electron chi connectivity index (χ2n) is 6.94. The zero-order valence-electron chi connectivity index (χ0n) is 14.8. The van der Waals surface area contributed by atoms with Crippen LogP contribution < -0.4 is 5.32 Å². The SMILES string of the molecule is Cc1ccc(C)c(NC(=O)N(Cc2ccccc2)C(C)C2CC2)c1. The predicted octanol–water partition coefficient (Wildman–Crippen LogP) is 5.14. The average Bonchev–Trinajstić information content (AvgIpc) is 3.41. The molecular formula is C21H26N2O. The van der Waals surface area contributed by atoms with E-state index in [2.05, 4.69) is 36.5 Å². The lowest BCUT2D eigenvalue weighted by molar-refractivity contribution is 0.180. The molecule has 2 aromatic rings. The molecule has 1 aliphatic carbocycles. The van der Waals surface area contributed by atoms with Gasteiger partial charge in [-0.25, -0.2) is 4.79 Å². The van der Waals surface area contributed by atoms with Crippen LogP contribution in [0.1, 0.15) is 36.5 Å². The van der Waals surface area contributed by atoms with E-state index in [9.17, 15) is 4.79 Å². The van der Waals surface area contributed by atoms with E-state index >= 15 is 0 Å². The highest BCUT2D eigenvalue weighted by Gasteiger charge is 2.34. The normalized spacial score (nSPS) is 15.0. The third-order valence-corrected chi connectivity index (χ3v) is 4.89. The van der Waals surface area contributed by atoms with Crippen LogP contribution in [0.2, 0.25) is 0 Å². The summed E-state index contributed by atoms with van der Waals surface area (Å²) < 4.78 is 0. The minimum atomic E-state index is -0.00745. The largest absolute Gasteiger partial charge is 0.322 e. The van der Waals surface area contributed by atoms with E-state index < -0.39 is 0 Å². The first-order valence-corrected chi connectivity index (χ1v) is 8.73. The zero-order chi connectivity index (χ0) is 17.1. The van der Waals surface area contributed by atoms with E-state index in [1.807, 2.05) is 43.0 Å². The van der Waals surface area contributed by atoms with Gasteiger partial charge in [0.25, 0.3) is 0 Å². The highest BCUT2D eigenvalue weighted by molar-refractivity contribution is 5.90. The Labute approximate surface area is 144 Å². The zero-order valence-corrected chi connectivity index (χ0v) is 14.8. The molecule has 0 aliphatic heterocycles. The summed E-state index contributed by atoms with van der Waals surface area (Å²) in [4.78, 5) is 14.9. The number of carbonyl (C=O) groups excluding carboxylic acids is 1. The molecule has 1 atom stereocenters. The van der Waals surface area contributed by atoms with E-state index in [-0.39, 0.29) is 12.1 Å². The van der Waals surface area contributed by atoms with Crippen LogP contribution >= 0.6 is 0 Å². The minimum absolute atomic E-state index is 0.00745. The van der Waals surface area contributed by atoms with E-state index in [1.165, 1.54) is 18.4 Å². The number of nitrogens with one attached hydrogen (secondary N) is 1. The van der Waals surface area contributed by atoms with Crippen molar-refractivity contribution in [2.24, 2.45) is 5.92 Å². The molecule has 0 saturated heterocycles. The van der Waals surface area contributed by atoms with Crippen LogP contribution in [0.5, 0.6) is 0 Å². The molecule has 2 amide bonds. The number of urea groups is 1. The molecule has 1 unspecified atom stereocenters. The molecule has 3 nitrogen and oxygen atoms in total. The Balaban J connectivity index is 1.79. The highest BCUT2D eigenvalue weighted by atomic mass is 16.2. The van der Waals surface area contributed by atoms with Crippen LogP contribution in [0.25, 0.3) is 0 Å². The van der Waals surface area contributed by atoms with Gasteiger partial charge < -0.3 is 10.2 Å². The summed E-state index contributed by atoms with van der Waals surface area (Å²) in [6.45, 7) is 6.89. The van der Waals surface area contributed by atoms with Gasteiger partial charge in [-0.15, -0.1) is 0 Å². The van der Waals surface area contributed by atoms with Crippen molar-refractivity contribution < 1.29 is 4.79 Å². The predicted molar refractivity (Wildman–Crippen MR) is 99.1 cm³/mol. The lowest BCUT2D eigenvalue weighted by Gasteiger charge is -2.30. The van der Waals surface area contributed by atoms with E-state index in [0.29, 0.717) is 12.5 Å². The van der Waals surface area contributed by atoms with Crippen molar-refractivity contribution in [3.63, 3.8) is 0 Å². The maximum absolute atomic E-state index is 13.0. The van der Waals surface area contributed by atoms with Gasteiger partial charge in [-0.1, -0.05) is 42.5 Å². The first-order chi connectivity index (χ1) is 11.5. The molecule has 3 rings (SSSR count). The van der Waals surface area contributed by atoms with E-state index in [4.69, 9.17) is 0 Å². The van der Waals surface area contributed by atoms with Gasteiger partial charge in [0.15, 0.2) is 0 Å². The number of nitrogens with zero attached hydrogens (tertiary/aromatic N) is 1. The fourth-order valence-corrected chi connectivity index (χ4v) is 3.07. The molecule has 0 aromatic heterocycles. The van der Waals surface area contributed by atoms with Gasteiger partial charge in [-0.2, -0.15) is 0 Å². The summed E-state index contributed by atoms with van der Waals surface area (Å²) in [6.07, 6.45) is 2.45. The molecule has 0 heterocycles. The number of hydrogen-bond donors (Lipinski definition) is 1. The van der Waals surface area contributed by atoms with Crippen molar-refractivity contribution in [3.05, 3.63) is 65.2 Å². The quantitative estimate of drug-likeness (QED) is 0.812. The molecule has 0 bridgehead atoms. The van der Waals surface area contributed by atoms with Crippen LogP contribution in [-0.2, 0) is 6.54 Å². The van der Waals surface area contributed by atoms with Crippen LogP contribution in [-0.4, -0.2) is 17.0 Å². The van der Waals surface area contributed by atoms with Crippen molar-refractivity contribution in [1.82, 2.24) is 4.90 Å². The first kappa shape index (κ1) is 16.6. The number of benzene rings is 2. The van der Waals surface area contributed by atoms with Gasteiger partial charge in [0.1, 0.15) is 0 Å². The van der Waals surface area contributed by atoms with Crippen LogP contribution in [0, 0.1) is 19.8 Å². The molecular weight excluding hydrogens is 296 g/mol. The number of amides is 2. The second-order valence-corrected chi connectivity index (χ2v) is 6.94. The fraction of sp³-hybridized carbons (Fsp3) is 0.381. The van der Waals surface area contributed by atoms with Crippen molar-refractivity contribution in [2.45, 2.75) is 46.2 Å². The van der Waals surface area contributed by atoms with E-state index in [1.54, 1.807) is 0 Å². The standard InChI is InChI=1S/C21H26N2O/c1-15-9-10-16(2)20(13-15)22-21(24)23(17(3)19-11-12-19)14-18-7-5-4-6-8-18/h4-10,13,17,19H,11-12,14H2,1-3H3,(H,22,24). The summed E-state index contributed by atoms with van der Waals surface area (Å²) in [7, 11) is 0. The molecule has 24 heavy (non-hydrogen) atoms. The monoisotopic (exact) mass is 322 g/mol. The summed E-state index contributed by atoms with van der Waals surface area (Å²) in [5.41, 5.74) is 4.32. The Morgan fingerprint density at radius 1 is 1.17 bits per heavy atom.